The highest BCUT2D eigenvalue weighted by atomic mass is 35.5. The zero-order valence-electron chi connectivity index (χ0n) is 18.0. The number of nitrogens with zero attached hydrogens (tertiary/aromatic N) is 1. The summed E-state index contributed by atoms with van der Waals surface area (Å²) in [7, 11) is 4.61. The first kappa shape index (κ1) is 23.0. The Morgan fingerprint density at radius 1 is 0.938 bits per heavy atom. The summed E-state index contributed by atoms with van der Waals surface area (Å²) >= 11 is 5.90. The molecule has 1 amide bonds. The van der Waals surface area contributed by atoms with Crippen LogP contribution in [-0.4, -0.2) is 33.5 Å². The van der Waals surface area contributed by atoms with E-state index < -0.39 is 0 Å². The molecule has 0 bridgehead atoms. The van der Waals surface area contributed by atoms with E-state index in [2.05, 4.69) is 15.8 Å². The van der Waals surface area contributed by atoms with Gasteiger partial charge in [0, 0.05) is 28.4 Å². The average Bonchev–Trinajstić information content (AvgIpc) is 2.83. The van der Waals surface area contributed by atoms with Crippen LogP contribution in [0.5, 0.6) is 17.2 Å². The Labute approximate surface area is 192 Å². The van der Waals surface area contributed by atoms with E-state index in [1.54, 1.807) is 24.3 Å². The Hall–Kier alpha value is -3.71. The number of hydrogen-bond donors (Lipinski definition) is 2. The Bertz CT molecular complexity index is 1060. The van der Waals surface area contributed by atoms with E-state index in [0.29, 0.717) is 39.9 Å². The van der Waals surface area contributed by atoms with E-state index in [1.165, 1.54) is 27.5 Å². The molecule has 3 aromatic carbocycles. The quantitative estimate of drug-likeness (QED) is 0.361. The van der Waals surface area contributed by atoms with Crippen molar-refractivity contribution in [1.82, 2.24) is 5.43 Å². The number of rotatable bonds is 9. The van der Waals surface area contributed by atoms with Crippen LogP contribution >= 0.6 is 11.6 Å². The molecule has 0 aromatic heterocycles. The van der Waals surface area contributed by atoms with Crippen molar-refractivity contribution in [2.75, 3.05) is 26.6 Å². The smallest absolute Gasteiger partial charge is 0.271 e. The van der Waals surface area contributed by atoms with E-state index in [4.69, 9.17) is 25.8 Å². The molecule has 0 atom stereocenters. The number of amides is 1. The zero-order chi connectivity index (χ0) is 22.9. The minimum Gasteiger partial charge on any atom is -0.493 e. The van der Waals surface area contributed by atoms with Gasteiger partial charge in [0.25, 0.3) is 5.91 Å². The normalized spacial score (nSPS) is 10.6. The number of methoxy groups -OCH3 is 3. The molecule has 0 saturated carbocycles. The minimum absolute atomic E-state index is 0.321. The summed E-state index contributed by atoms with van der Waals surface area (Å²) in [6.07, 6.45) is 1.50. The number of nitrogens with one attached hydrogen (secondary N) is 2. The van der Waals surface area contributed by atoms with Crippen molar-refractivity contribution >= 4 is 29.4 Å². The lowest BCUT2D eigenvalue weighted by molar-refractivity contribution is 0.0955. The molecule has 0 aliphatic heterocycles. The maximum Gasteiger partial charge on any atom is 0.271 e. The molecule has 0 saturated heterocycles. The van der Waals surface area contributed by atoms with Gasteiger partial charge in [-0.05, 0) is 54.1 Å². The van der Waals surface area contributed by atoms with Crippen LogP contribution in [0.3, 0.4) is 0 Å². The lowest BCUT2D eigenvalue weighted by atomic mass is 10.2. The molecule has 0 unspecified atom stereocenters. The van der Waals surface area contributed by atoms with Gasteiger partial charge in [0.2, 0.25) is 5.75 Å². The fourth-order valence-electron chi connectivity index (χ4n) is 2.95. The second-order valence-corrected chi connectivity index (χ2v) is 7.15. The first-order valence-corrected chi connectivity index (χ1v) is 10.1. The maximum atomic E-state index is 12.4. The van der Waals surface area contributed by atoms with E-state index in [1.807, 2.05) is 36.4 Å². The molecule has 7 nitrogen and oxygen atoms in total. The largest absolute Gasteiger partial charge is 0.493 e. The van der Waals surface area contributed by atoms with E-state index in [9.17, 15) is 4.79 Å². The fraction of sp³-hybridized carbons (Fsp3) is 0.167. The summed E-state index contributed by atoms with van der Waals surface area (Å²) in [6.45, 7) is 0.655. The van der Waals surface area contributed by atoms with Gasteiger partial charge in [-0.1, -0.05) is 23.7 Å². The first-order valence-electron chi connectivity index (χ1n) is 9.76. The third-order valence-corrected chi connectivity index (χ3v) is 4.88. The summed E-state index contributed by atoms with van der Waals surface area (Å²) in [5.74, 6) is 1.17. The van der Waals surface area contributed by atoms with Gasteiger partial charge in [0.05, 0.1) is 27.5 Å². The van der Waals surface area contributed by atoms with Crippen LogP contribution in [0.2, 0.25) is 5.02 Å². The number of hydrogen-bond acceptors (Lipinski definition) is 6. The SMILES string of the molecule is COc1cc(/C=N/NC(=O)c2ccc(NCc3ccc(Cl)cc3)cc2)cc(OC)c1OC. The second-order valence-electron chi connectivity index (χ2n) is 6.72. The van der Waals surface area contributed by atoms with Crippen molar-refractivity contribution in [3.63, 3.8) is 0 Å². The Balaban J connectivity index is 1.59. The van der Waals surface area contributed by atoms with Gasteiger partial charge in [-0.3, -0.25) is 4.79 Å². The number of halogens is 1. The van der Waals surface area contributed by atoms with E-state index in [-0.39, 0.29) is 5.91 Å². The van der Waals surface area contributed by atoms with Crippen LogP contribution in [0.25, 0.3) is 0 Å². The summed E-state index contributed by atoms with van der Waals surface area (Å²) in [4.78, 5) is 12.4. The Morgan fingerprint density at radius 2 is 1.56 bits per heavy atom. The Kier molecular flexibility index (Phi) is 7.94. The topological polar surface area (TPSA) is 81.2 Å². The predicted molar refractivity (Wildman–Crippen MR) is 126 cm³/mol. The lowest BCUT2D eigenvalue weighted by Crippen LogP contribution is -2.17. The maximum absolute atomic E-state index is 12.4. The molecule has 0 fully saturated rings. The highest BCUT2D eigenvalue weighted by Gasteiger charge is 2.12. The molecule has 0 radical (unpaired) electrons. The third kappa shape index (κ3) is 5.92. The summed E-state index contributed by atoms with van der Waals surface area (Å²) in [6, 6.07) is 18.2. The lowest BCUT2D eigenvalue weighted by Gasteiger charge is -2.12. The standard InChI is InChI=1S/C24H24ClN3O4/c1-30-21-12-17(13-22(31-2)23(21)32-3)15-27-28-24(29)18-6-10-20(11-7-18)26-14-16-4-8-19(25)9-5-16/h4-13,15,26H,14H2,1-3H3,(H,28,29)/b27-15+. The zero-order valence-corrected chi connectivity index (χ0v) is 18.8. The molecule has 166 valence electrons. The van der Waals surface area contributed by atoms with Crippen LogP contribution in [0.1, 0.15) is 21.5 Å². The summed E-state index contributed by atoms with van der Waals surface area (Å²) < 4.78 is 15.9. The van der Waals surface area contributed by atoms with Gasteiger partial charge in [0.15, 0.2) is 11.5 Å². The molecule has 8 heteroatoms. The predicted octanol–water partition coefficient (Wildman–Crippen LogP) is 4.74. The molecular weight excluding hydrogens is 430 g/mol. The molecule has 0 aliphatic rings. The number of carbonyl (C=O) groups is 1. The summed E-state index contributed by atoms with van der Waals surface area (Å²) in [5.41, 5.74) is 5.70. The van der Waals surface area contributed by atoms with Crippen LogP contribution < -0.4 is 25.0 Å². The molecular formula is C24H24ClN3O4. The second kappa shape index (κ2) is 11.1. The molecule has 0 spiro atoms. The Morgan fingerprint density at radius 3 is 2.12 bits per heavy atom. The highest BCUT2D eigenvalue weighted by Crippen LogP contribution is 2.37. The molecule has 3 aromatic rings. The van der Waals surface area contributed by atoms with Crippen molar-refractivity contribution in [1.29, 1.82) is 0 Å². The molecule has 0 heterocycles. The van der Waals surface area contributed by atoms with Gasteiger partial charge in [-0.25, -0.2) is 5.43 Å². The highest BCUT2D eigenvalue weighted by molar-refractivity contribution is 6.30. The summed E-state index contributed by atoms with van der Waals surface area (Å²) in [5, 5.41) is 8.04. The van der Waals surface area contributed by atoms with Crippen molar-refractivity contribution in [2.24, 2.45) is 5.10 Å². The molecule has 32 heavy (non-hydrogen) atoms. The van der Waals surface area contributed by atoms with Crippen LogP contribution in [0.15, 0.2) is 65.8 Å². The monoisotopic (exact) mass is 453 g/mol. The molecule has 3 rings (SSSR count). The van der Waals surface area contributed by atoms with Crippen molar-refractivity contribution in [3.05, 3.63) is 82.4 Å². The van der Waals surface area contributed by atoms with Gasteiger partial charge >= 0.3 is 0 Å². The van der Waals surface area contributed by atoms with Crippen molar-refractivity contribution in [2.45, 2.75) is 6.54 Å². The minimum atomic E-state index is -0.321. The van der Waals surface area contributed by atoms with Crippen molar-refractivity contribution in [3.8, 4) is 17.2 Å². The van der Waals surface area contributed by atoms with Gasteiger partial charge in [0.1, 0.15) is 0 Å². The average molecular weight is 454 g/mol. The van der Waals surface area contributed by atoms with Crippen LogP contribution in [0, 0.1) is 0 Å². The van der Waals surface area contributed by atoms with Crippen LogP contribution in [-0.2, 0) is 6.54 Å². The van der Waals surface area contributed by atoms with E-state index >= 15 is 0 Å². The number of ether oxygens (including phenoxy) is 3. The van der Waals surface area contributed by atoms with E-state index in [0.717, 1.165) is 11.3 Å². The van der Waals surface area contributed by atoms with Crippen molar-refractivity contribution < 1.29 is 19.0 Å². The number of hydrazone groups is 1. The van der Waals surface area contributed by atoms with Gasteiger partial charge in [-0.15, -0.1) is 0 Å². The van der Waals surface area contributed by atoms with Gasteiger partial charge < -0.3 is 19.5 Å². The van der Waals surface area contributed by atoms with Gasteiger partial charge in [-0.2, -0.15) is 5.10 Å². The third-order valence-electron chi connectivity index (χ3n) is 4.62. The molecule has 2 N–H and O–H groups in total. The van der Waals surface area contributed by atoms with Crippen LogP contribution in [0.4, 0.5) is 5.69 Å². The number of benzene rings is 3. The molecule has 0 aliphatic carbocycles. The number of carbonyl (C=O) groups excluding carboxylic acids is 1. The number of anilines is 1. The first-order chi connectivity index (χ1) is 15.5. The fourth-order valence-corrected chi connectivity index (χ4v) is 3.08.